The first-order valence-corrected chi connectivity index (χ1v) is 16.5. The molecule has 1 aromatic heterocycles. The van der Waals surface area contributed by atoms with Gasteiger partial charge in [0.1, 0.15) is 18.0 Å². The lowest BCUT2D eigenvalue weighted by molar-refractivity contribution is -0.159. The molecule has 1 aromatic carbocycles. The molecule has 6 rings (SSSR count). The van der Waals surface area contributed by atoms with E-state index in [-0.39, 0.29) is 22.9 Å². The van der Waals surface area contributed by atoms with Crippen molar-refractivity contribution in [1.29, 1.82) is 0 Å². The number of benzene rings is 1. The summed E-state index contributed by atoms with van der Waals surface area (Å²) in [5.41, 5.74) is 4.64. The third-order valence-electron chi connectivity index (χ3n) is 11.4. The Hall–Kier alpha value is -3.13. The molecule has 2 fully saturated rings. The van der Waals surface area contributed by atoms with Crippen LogP contribution in [-0.4, -0.2) is 44.4 Å². The number of nitrogens with two attached hydrogens (primary N) is 1. The molecule has 1 heterocycles. The molecule has 4 aliphatic rings. The Morgan fingerprint density at radius 3 is 2.50 bits per heavy atom. The number of imidazole rings is 1. The lowest BCUT2D eigenvalue weighted by Crippen LogP contribution is -2.55. The van der Waals surface area contributed by atoms with E-state index in [9.17, 15) is 9.59 Å². The van der Waals surface area contributed by atoms with Crippen LogP contribution in [0, 0.1) is 34.5 Å². The number of aromatic nitrogens is 2. The summed E-state index contributed by atoms with van der Waals surface area (Å²) in [7, 11) is 0. The Morgan fingerprint density at radius 1 is 1.05 bits per heavy atom. The van der Waals surface area contributed by atoms with Crippen molar-refractivity contribution in [1.82, 2.24) is 14.6 Å². The summed E-state index contributed by atoms with van der Waals surface area (Å²) in [5, 5.41) is 0.908. The Labute approximate surface area is 262 Å². The number of fused-ring (bicyclic) bond motifs is 6. The number of hydrogen-bond acceptors (Lipinski definition) is 6. The van der Waals surface area contributed by atoms with Crippen LogP contribution in [0.1, 0.15) is 93.4 Å². The summed E-state index contributed by atoms with van der Waals surface area (Å²) >= 11 is 0. The highest BCUT2D eigenvalue weighted by molar-refractivity contribution is 5.82. The monoisotopic (exact) mass is 602 g/mol. The fourth-order valence-electron chi connectivity index (χ4n) is 9.17. The molecule has 2 saturated carbocycles. The van der Waals surface area contributed by atoms with Gasteiger partial charge in [-0.25, -0.2) is 25.4 Å². The minimum atomic E-state index is -0.907. The van der Waals surface area contributed by atoms with Crippen LogP contribution in [0.5, 0.6) is 0 Å². The number of amides is 1. The Morgan fingerprint density at radius 2 is 1.77 bits per heavy atom. The minimum absolute atomic E-state index is 0.117. The molecule has 4 aliphatic carbocycles. The molecule has 1 amide bonds. The fourth-order valence-corrected chi connectivity index (χ4v) is 9.17. The maximum atomic E-state index is 13.4. The summed E-state index contributed by atoms with van der Waals surface area (Å²) in [4.78, 5) is 30.8. The van der Waals surface area contributed by atoms with Gasteiger partial charge in [-0.3, -0.25) is 0 Å². The number of esters is 1. The van der Waals surface area contributed by atoms with Gasteiger partial charge in [0.15, 0.2) is 6.04 Å². The van der Waals surface area contributed by atoms with Crippen LogP contribution in [0.2, 0.25) is 0 Å². The smallest absolute Gasteiger partial charge is 0.425 e. The van der Waals surface area contributed by atoms with Gasteiger partial charge < -0.3 is 14.0 Å². The van der Waals surface area contributed by atoms with E-state index in [1.54, 1.807) is 20.8 Å². The Balaban J connectivity index is 1.15. The van der Waals surface area contributed by atoms with E-state index in [1.165, 1.54) is 29.6 Å². The van der Waals surface area contributed by atoms with Gasteiger partial charge in [-0.1, -0.05) is 57.6 Å². The zero-order valence-corrected chi connectivity index (χ0v) is 27.5. The molecule has 44 heavy (non-hydrogen) atoms. The third-order valence-corrected chi connectivity index (χ3v) is 11.4. The van der Waals surface area contributed by atoms with Gasteiger partial charge in [-0.2, -0.15) is 0 Å². The molecule has 8 heteroatoms. The van der Waals surface area contributed by atoms with E-state index in [4.69, 9.17) is 20.3 Å². The van der Waals surface area contributed by atoms with Crippen molar-refractivity contribution >= 4 is 28.8 Å². The van der Waals surface area contributed by atoms with Crippen molar-refractivity contribution in [3.05, 3.63) is 48.3 Å². The van der Waals surface area contributed by atoms with Crippen LogP contribution in [0.15, 0.2) is 48.3 Å². The summed E-state index contributed by atoms with van der Waals surface area (Å²) in [6.07, 6.45) is 13.2. The standard InChI is InChI=1S/C36H50N4O4/c1-22(2)31(40(37)33(42)44-34(3,4)5)32(41)43-24-16-18-35(6)23(20-24)12-13-25-26-14-15-30(36(26,7)19-17-27(25)35)39-21-38-28-10-8-9-11-29(28)39/h8-12,15,21-22,24-27,31H,13-14,16-20,37H2,1-7H3/t24-,25?,26?,27?,31?,35-,36-/m0/s1. The van der Waals surface area contributed by atoms with Crippen LogP contribution in [0.4, 0.5) is 4.79 Å². The summed E-state index contributed by atoms with van der Waals surface area (Å²) < 4.78 is 13.9. The zero-order chi connectivity index (χ0) is 31.6. The number of carbonyl (C=O) groups excluding carboxylic acids is 2. The number of nitrogens with zero attached hydrogens (tertiary/aromatic N) is 3. The fraction of sp³-hybridized carbons (Fsp3) is 0.639. The van der Waals surface area contributed by atoms with Crippen LogP contribution < -0.4 is 5.84 Å². The number of ether oxygens (including phenoxy) is 2. The maximum absolute atomic E-state index is 13.4. The molecule has 4 unspecified atom stereocenters. The quantitative estimate of drug-likeness (QED) is 0.125. The number of hydrazine groups is 1. The van der Waals surface area contributed by atoms with Gasteiger partial charge in [0.2, 0.25) is 0 Å². The van der Waals surface area contributed by atoms with E-state index >= 15 is 0 Å². The second-order valence-corrected chi connectivity index (χ2v) is 15.5. The van der Waals surface area contributed by atoms with E-state index in [1.807, 2.05) is 20.2 Å². The number of para-hydroxylation sites is 2. The third kappa shape index (κ3) is 5.17. The van der Waals surface area contributed by atoms with Crippen molar-refractivity contribution in [3.8, 4) is 0 Å². The van der Waals surface area contributed by atoms with Crippen molar-refractivity contribution in [3.63, 3.8) is 0 Å². The predicted octanol–water partition coefficient (Wildman–Crippen LogP) is 7.50. The van der Waals surface area contributed by atoms with Gasteiger partial charge in [0.05, 0.1) is 11.0 Å². The van der Waals surface area contributed by atoms with E-state index in [0.29, 0.717) is 17.8 Å². The van der Waals surface area contributed by atoms with Gasteiger partial charge in [0.25, 0.3) is 0 Å². The van der Waals surface area contributed by atoms with E-state index in [2.05, 4.69) is 54.8 Å². The topological polar surface area (TPSA) is 99.7 Å². The van der Waals surface area contributed by atoms with Crippen LogP contribution in [0.25, 0.3) is 16.7 Å². The molecule has 0 bridgehead atoms. The molecular weight excluding hydrogens is 552 g/mol. The Bertz CT molecular complexity index is 1500. The van der Waals surface area contributed by atoms with Crippen molar-refractivity contribution in [2.45, 2.75) is 111 Å². The second kappa shape index (κ2) is 11.0. The zero-order valence-electron chi connectivity index (χ0n) is 27.5. The highest BCUT2D eigenvalue weighted by Gasteiger charge is 2.57. The van der Waals surface area contributed by atoms with Crippen molar-refractivity contribution < 1.29 is 19.1 Å². The molecule has 0 spiro atoms. The molecule has 0 aliphatic heterocycles. The molecule has 0 radical (unpaired) electrons. The summed E-state index contributed by atoms with van der Waals surface area (Å²) in [5.74, 6) is 7.33. The van der Waals surface area contributed by atoms with Gasteiger partial charge in [-0.05, 0) is 101 Å². The van der Waals surface area contributed by atoms with Crippen LogP contribution >= 0.6 is 0 Å². The summed E-state index contributed by atoms with van der Waals surface area (Å²) in [6, 6.07) is 7.52. The first-order chi connectivity index (χ1) is 20.7. The highest BCUT2D eigenvalue weighted by Crippen LogP contribution is 2.65. The molecule has 2 aromatic rings. The average molecular weight is 603 g/mol. The first kappa shape index (κ1) is 30.9. The van der Waals surface area contributed by atoms with Crippen molar-refractivity contribution in [2.24, 2.45) is 40.3 Å². The van der Waals surface area contributed by atoms with E-state index < -0.39 is 23.7 Å². The Kier molecular flexibility index (Phi) is 7.75. The molecular formula is C36H50N4O4. The number of carbonyl (C=O) groups is 2. The predicted molar refractivity (Wildman–Crippen MR) is 172 cm³/mol. The number of rotatable bonds is 5. The molecule has 8 nitrogen and oxygen atoms in total. The number of hydrogen-bond donors (Lipinski definition) is 1. The van der Waals surface area contributed by atoms with Gasteiger partial charge in [-0.15, -0.1) is 0 Å². The lowest BCUT2D eigenvalue weighted by Gasteiger charge is -2.57. The maximum Gasteiger partial charge on any atom is 0.425 e. The molecule has 0 saturated heterocycles. The SMILES string of the molecule is CC(C)C(C(=O)O[C@H]1CC[C@@]2(C)C(=CCC3C2CC[C@]2(C)C(n4cnc5ccccc54)=CCC32)C1)N(N)C(=O)OC(C)(C)C. The highest BCUT2D eigenvalue weighted by atomic mass is 16.6. The molecule has 7 atom stereocenters. The number of allylic oxidation sites excluding steroid dienone is 3. The van der Waals surface area contributed by atoms with Gasteiger partial charge in [0, 0.05) is 17.5 Å². The molecule has 238 valence electrons. The molecule has 2 N–H and O–H groups in total. The van der Waals surface area contributed by atoms with Crippen molar-refractivity contribution in [2.75, 3.05) is 0 Å². The second-order valence-electron chi connectivity index (χ2n) is 15.5. The first-order valence-electron chi connectivity index (χ1n) is 16.5. The van der Waals surface area contributed by atoms with E-state index in [0.717, 1.165) is 42.6 Å². The van der Waals surface area contributed by atoms with Crippen LogP contribution in [-0.2, 0) is 14.3 Å². The minimum Gasteiger partial charge on any atom is -0.460 e. The normalized spacial score (nSPS) is 32.2. The lowest BCUT2D eigenvalue weighted by atomic mass is 9.47. The average Bonchev–Trinajstić information content (AvgIpc) is 3.52. The van der Waals surface area contributed by atoms with Crippen LogP contribution in [0.3, 0.4) is 0 Å². The summed E-state index contributed by atoms with van der Waals surface area (Å²) in [6.45, 7) is 14.0. The van der Waals surface area contributed by atoms with Gasteiger partial charge >= 0.3 is 12.1 Å². The largest absolute Gasteiger partial charge is 0.460 e.